The first-order valence-corrected chi connectivity index (χ1v) is 5.72. The summed E-state index contributed by atoms with van der Waals surface area (Å²) in [6.45, 7) is 4.62. The summed E-state index contributed by atoms with van der Waals surface area (Å²) in [7, 11) is 0. The van der Waals surface area contributed by atoms with Crippen molar-refractivity contribution in [1.82, 2.24) is 0 Å². The maximum atomic E-state index is 12.6. The van der Waals surface area contributed by atoms with E-state index in [0.29, 0.717) is 23.8 Å². The number of benzene rings is 1. The number of halogens is 3. The normalized spacial score (nSPS) is 19.3. The molecule has 1 aliphatic heterocycles. The molecule has 1 aliphatic rings. The minimum absolute atomic E-state index is 0.0901. The number of hydrogen-bond donors (Lipinski definition) is 0. The Bertz CT molecular complexity index is 410. The quantitative estimate of drug-likeness (QED) is 0.756. The van der Waals surface area contributed by atoms with Gasteiger partial charge in [0.25, 0.3) is 0 Å². The molecule has 4 heteroatoms. The molecule has 0 bridgehead atoms. The third-order valence-electron chi connectivity index (χ3n) is 2.97. The summed E-state index contributed by atoms with van der Waals surface area (Å²) in [5, 5.41) is 0. The van der Waals surface area contributed by atoms with Crippen LogP contribution < -0.4 is 4.74 Å². The summed E-state index contributed by atoms with van der Waals surface area (Å²) in [5.41, 5.74) is 0.115. The zero-order valence-corrected chi connectivity index (χ0v) is 9.84. The molecule has 0 spiro atoms. The molecule has 1 aromatic rings. The third kappa shape index (κ3) is 2.56. The van der Waals surface area contributed by atoms with Gasteiger partial charge in [-0.3, -0.25) is 0 Å². The molecule has 1 unspecified atom stereocenters. The van der Waals surface area contributed by atoms with E-state index in [2.05, 4.69) is 13.8 Å². The van der Waals surface area contributed by atoms with Crippen LogP contribution in [0, 0.1) is 5.92 Å². The number of rotatable bonds is 2. The number of hydrogen-bond acceptors (Lipinski definition) is 1. The van der Waals surface area contributed by atoms with Crippen LogP contribution in [0.5, 0.6) is 5.75 Å². The molecule has 1 nitrogen and oxygen atoms in total. The molecular formula is C13H15F3O. The van der Waals surface area contributed by atoms with Crippen LogP contribution >= 0.6 is 0 Å². The molecular weight excluding hydrogens is 229 g/mol. The largest absolute Gasteiger partial charge is 0.493 e. The predicted octanol–water partition coefficient (Wildman–Crippen LogP) is 4.23. The van der Waals surface area contributed by atoms with Crippen molar-refractivity contribution in [2.45, 2.75) is 32.4 Å². The zero-order chi connectivity index (χ0) is 12.6. The standard InChI is InChI=1S/C13H15F3O/c1-8(2)5-9-7-17-12-4-3-10(6-11(9)12)13(14,15)16/h3-4,6,8-9H,5,7H2,1-2H3. The van der Waals surface area contributed by atoms with Gasteiger partial charge in [0.2, 0.25) is 0 Å². The van der Waals surface area contributed by atoms with Crippen molar-refractivity contribution in [2.75, 3.05) is 6.61 Å². The van der Waals surface area contributed by atoms with Crippen LogP contribution in [-0.4, -0.2) is 6.61 Å². The molecule has 0 fully saturated rings. The molecule has 0 amide bonds. The van der Waals surface area contributed by atoms with Crippen molar-refractivity contribution in [2.24, 2.45) is 5.92 Å². The van der Waals surface area contributed by atoms with E-state index in [-0.39, 0.29) is 5.92 Å². The predicted molar refractivity (Wildman–Crippen MR) is 59.1 cm³/mol. The van der Waals surface area contributed by atoms with Crippen molar-refractivity contribution < 1.29 is 17.9 Å². The number of ether oxygens (including phenoxy) is 1. The van der Waals surface area contributed by atoms with E-state index in [1.54, 1.807) is 0 Å². The number of alkyl halides is 3. The van der Waals surface area contributed by atoms with Gasteiger partial charge in [-0.1, -0.05) is 13.8 Å². The Hall–Kier alpha value is -1.19. The Morgan fingerprint density at radius 1 is 1.35 bits per heavy atom. The molecule has 0 N–H and O–H groups in total. The van der Waals surface area contributed by atoms with Crippen LogP contribution in [0.3, 0.4) is 0 Å². The highest BCUT2D eigenvalue weighted by atomic mass is 19.4. The SMILES string of the molecule is CC(C)CC1COc2ccc(C(F)(F)F)cc21. The average Bonchev–Trinajstić information content (AvgIpc) is 2.59. The topological polar surface area (TPSA) is 9.23 Å². The van der Waals surface area contributed by atoms with Crippen LogP contribution in [-0.2, 0) is 6.18 Å². The lowest BCUT2D eigenvalue weighted by Gasteiger charge is -2.13. The molecule has 0 aromatic heterocycles. The van der Waals surface area contributed by atoms with Crippen LogP contribution in [0.2, 0.25) is 0 Å². The van der Waals surface area contributed by atoms with Gasteiger partial charge in [-0.05, 0) is 30.5 Å². The zero-order valence-electron chi connectivity index (χ0n) is 9.84. The van der Waals surface area contributed by atoms with Gasteiger partial charge in [0.15, 0.2) is 0 Å². The highest BCUT2D eigenvalue weighted by molar-refractivity contribution is 5.43. The summed E-state index contributed by atoms with van der Waals surface area (Å²) >= 11 is 0. The fraction of sp³-hybridized carbons (Fsp3) is 0.538. The maximum absolute atomic E-state index is 12.6. The van der Waals surface area contributed by atoms with E-state index in [4.69, 9.17) is 4.74 Å². The summed E-state index contributed by atoms with van der Waals surface area (Å²) in [4.78, 5) is 0. The second kappa shape index (κ2) is 4.24. The minimum Gasteiger partial charge on any atom is -0.493 e. The van der Waals surface area contributed by atoms with Gasteiger partial charge in [0.1, 0.15) is 5.75 Å². The molecule has 94 valence electrons. The van der Waals surface area contributed by atoms with Gasteiger partial charge in [-0.2, -0.15) is 13.2 Å². The molecule has 17 heavy (non-hydrogen) atoms. The van der Waals surface area contributed by atoms with Gasteiger partial charge in [0.05, 0.1) is 12.2 Å². The summed E-state index contributed by atoms with van der Waals surface area (Å²) in [6, 6.07) is 3.74. The van der Waals surface area contributed by atoms with E-state index in [1.807, 2.05) is 0 Å². The third-order valence-corrected chi connectivity index (χ3v) is 2.97. The molecule has 0 saturated heterocycles. The Balaban J connectivity index is 2.31. The lowest BCUT2D eigenvalue weighted by Crippen LogP contribution is -2.07. The Morgan fingerprint density at radius 2 is 2.06 bits per heavy atom. The lowest BCUT2D eigenvalue weighted by molar-refractivity contribution is -0.137. The van der Waals surface area contributed by atoms with Crippen molar-refractivity contribution in [3.8, 4) is 5.75 Å². The van der Waals surface area contributed by atoms with Crippen LogP contribution in [0.25, 0.3) is 0 Å². The monoisotopic (exact) mass is 244 g/mol. The first-order chi connectivity index (χ1) is 7.88. The van der Waals surface area contributed by atoms with Crippen molar-refractivity contribution in [3.63, 3.8) is 0 Å². The van der Waals surface area contributed by atoms with Crippen LogP contribution in [0.1, 0.15) is 37.3 Å². The summed E-state index contributed by atoms with van der Waals surface area (Å²) in [6.07, 6.45) is -3.42. The van der Waals surface area contributed by atoms with E-state index in [9.17, 15) is 13.2 Å². The Morgan fingerprint density at radius 3 is 2.65 bits per heavy atom. The molecule has 0 saturated carbocycles. The minimum atomic E-state index is -4.28. The van der Waals surface area contributed by atoms with E-state index in [1.165, 1.54) is 12.1 Å². The highest BCUT2D eigenvalue weighted by Gasteiger charge is 2.33. The Labute approximate surface area is 98.6 Å². The Kier molecular flexibility index (Phi) is 3.06. The first-order valence-electron chi connectivity index (χ1n) is 5.72. The second-order valence-electron chi connectivity index (χ2n) is 4.89. The molecule has 0 radical (unpaired) electrons. The summed E-state index contributed by atoms with van der Waals surface area (Å²) in [5.74, 6) is 1.14. The van der Waals surface area contributed by atoms with Crippen molar-refractivity contribution >= 4 is 0 Å². The van der Waals surface area contributed by atoms with Crippen LogP contribution in [0.15, 0.2) is 18.2 Å². The lowest BCUT2D eigenvalue weighted by atomic mass is 9.91. The number of fused-ring (bicyclic) bond motifs is 1. The van der Waals surface area contributed by atoms with Gasteiger partial charge in [-0.15, -0.1) is 0 Å². The second-order valence-corrected chi connectivity index (χ2v) is 4.89. The van der Waals surface area contributed by atoms with Gasteiger partial charge in [-0.25, -0.2) is 0 Å². The van der Waals surface area contributed by atoms with Crippen molar-refractivity contribution in [1.29, 1.82) is 0 Å². The van der Waals surface area contributed by atoms with Crippen molar-refractivity contribution in [3.05, 3.63) is 29.3 Å². The summed E-state index contributed by atoms with van der Waals surface area (Å²) < 4.78 is 43.2. The van der Waals surface area contributed by atoms with E-state index in [0.717, 1.165) is 12.5 Å². The maximum Gasteiger partial charge on any atom is 0.416 e. The van der Waals surface area contributed by atoms with E-state index >= 15 is 0 Å². The van der Waals surface area contributed by atoms with Gasteiger partial charge >= 0.3 is 6.18 Å². The van der Waals surface area contributed by atoms with Crippen LogP contribution in [0.4, 0.5) is 13.2 Å². The smallest absolute Gasteiger partial charge is 0.416 e. The molecule has 0 aliphatic carbocycles. The van der Waals surface area contributed by atoms with Gasteiger partial charge in [0, 0.05) is 11.5 Å². The fourth-order valence-electron chi connectivity index (χ4n) is 2.22. The molecule has 1 atom stereocenters. The molecule has 1 aromatic carbocycles. The first kappa shape index (κ1) is 12.3. The van der Waals surface area contributed by atoms with Gasteiger partial charge < -0.3 is 4.74 Å². The molecule has 2 rings (SSSR count). The average molecular weight is 244 g/mol. The fourth-order valence-corrected chi connectivity index (χ4v) is 2.22. The highest BCUT2D eigenvalue weighted by Crippen LogP contribution is 2.41. The molecule has 1 heterocycles. The van der Waals surface area contributed by atoms with E-state index < -0.39 is 11.7 Å².